The summed E-state index contributed by atoms with van der Waals surface area (Å²) >= 11 is 0. The number of ether oxygens (including phenoxy) is 1. The fraction of sp³-hybridized carbons (Fsp3) is 0.407. The van der Waals surface area contributed by atoms with E-state index in [0.717, 1.165) is 22.3 Å². The molecule has 1 heterocycles. The molecule has 1 aliphatic carbocycles. The van der Waals surface area contributed by atoms with Crippen molar-refractivity contribution >= 4 is 18.0 Å². The van der Waals surface area contributed by atoms with Crippen molar-refractivity contribution in [2.24, 2.45) is 5.92 Å². The second-order valence-corrected chi connectivity index (χ2v) is 9.13. The molecule has 1 aliphatic heterocycles. The molecule has 0 aromatic heterocycles. The molecule has 2 amide bonds. The second kappa shape index (κ2) is 11.0. The van der Waals surface area contributed by atoms with Crippen LogP contribution in [0.4, 0.5) is 4.79 Å². The molecule has 182 valence electrons. The van der Waals surface area contributed by atoms with Gasteiger partial charge in [-0.15, -0.1) is 0 Å². The normalized spacial score (nSPS) is 15.3. The first-order valence-electron chi connectivity index (χ1n) is 12.0. The number of rotatable bonds is 10. The predicted octanol–water partition coefficient (Wildman–Crippen LogP) is 3.91. The maximum Gasteiger partial charge on any atom is 0.407 e. The van der Waals surface area contributed by atoms with Crippen molar-refractivity contribution in [2.45, 2.75) is 44.1 Å². The van der Waals surface area contributed by atoms with Crippen LogP contribution in [0, 0.1) is 17.2 Å². The number of amides is 2. The standard InChI is InChI=1S/C27H29N3O5/c28-13-7-1-2-12-24(26(33)30-15-18(16-30)14-25(31)32)29-27(34)35-17-23-21-10-5-3-8-19(21)20-9-4-6-11-22(20)23/h3-6,8-11,18,23-24H,1-2,7,12,14-17H2,(H,29,34)(H,31,32). The summed E-state index contributed by atoms with van der Waals surface area (Å²) in [5.41, 5.74) is 4.49. The van der Waals surface area contributed by atoms with E-state index in [1.165, 1.54) is 0 Å². The molecule has 1 atom stereocenters. The molecule has 1 saturated heterocycles. The lowest BCUT2D eigenvalue weighted by atomic mass is 9.94. The van der Waals surface area contributed by atoms with Crippen molar-refractivity contribution < 1.29 is 24.2 Å². The highest BCUT2D eigenvalue weighted by atomic mass is 16.5. The van der Waals surface area contributed by atoms with Gasteiger partial charge in [0, 0.05) is 31.3 Å². The summed E-state index contributed by atoms with van der Waals surface area (Å²) in [5, 5.41) is 20.4. The molecule has 1 unspecified atom stereocenters. The van der Waals surface area contributed by atoms with Crippen LogP contribution in [0.25, 0.3) is 11.1 Å². The first kappa shape index (κ1) is 24.3. The van der Waals surface area contributed by atoms with Gasteiger partial charge in [0.25, 0.3) is 0 Å². The van der Waals surface area contributed by atoms with Crippen molar-refractivity contribution in [3.8, 4) is 17.2 Å². The van der Waals surface area contributed by atoms with E-state index >= 15 is 0 Å². The summed E-state index contributed by atoms with van der Waals surface area (Å²) in [5.74, 6) is -1.26. The van der Waals surface area contributed by atoms with Crippen LogP contribution in [0.1, 0.15) is 49.1 Å². The van der Waals surface area contributed by atoms with Crippen LogP contribution in [-0.4, -0.2) is 53.7 Å². The minimum Gasteiger partial charge on any atom is -0.481 e. The Morgan fingerprint density at radius 2 is 1.69 bits per heavy atom. The minimum absolute atomic E-state index is 0.0242. The maximum atomic E-state index is 13.0. The zero-order valence-electron chi connectivity index (χ0n) is 19.5. The largest absolute Gasteiger partial charge is 0.481 e. The molecule has 2 aromatic rings. The topological polar surface area (TPSA) is 120 Å². The van der Waals surface area contributed by atoms with Crippen LogP contribution in [0.2, 0.25) is 0 Å². The molecule has 1 fully saturated rings. The van der Waals surface area contributed by atoms with E-state index in [4.69, 9.17) is 15.1 Å². The van der Waals surface area contributed by atoms with Gasteiger partial charge < -0.3 is 20.1 Å². The number of carboxylic acid groups (broad SMARTS) is 1. The number of nitriles is 1. The number of carbonyl (C=O) groups excluding carboxylic acids is 2. The molecule has 35 heavy (non-hydrogen) atoms. The molecule has 2 aromatic carbocycles. The molecule has 2 N–H and O–H groups in total. The molecule has 2 aliphatic rings. The highest BCUT2D eigenvalue weighted by Crippen LogP contribution is 2.44. The van der Waals surface area contributed by atoms with Crippen molar-refractivity contribution in [2.75, 3.05) is 19.7 Å². The monoisotopic (exact) mass is 475 g/mol. The van der Waals surface area contributed by atoms with E-state index in [0.29, 0.717) is 38.8 Å². The van der Waals surface area contributed by atoms with Gasteiger partial charge in [0.15, 0.2) is 0 Å². The van der Waals surface area contributed by atoms with Crippen molar-refractivity contribution in [3.05, 3.63) is 59.7 Å². The summed E-state index contributed by atoms with van der Waals surface area (Å²) in [6.07, 6.45) is 1.39. The Hall–Kier alpha value is -3.86. The van der Waals surface area contributed by atoms with Crippen LogP contribution >= 0.6 is 0 Å². The van der Waals surface area contributed by atoms with E-state index in [9.17, 15) is 14.4 Å². The lowest BCUT2D eigenvalue weighted by Crippen LogP contribution is -2.57. The van der Waals surface area contributed by atoms with Gasteiger partial charge in [-0.3, -0.25) is 9.59 Å². The number of nitrogens with one attached hydrogen (secondary N) is 1. The highest BCUT2D eigenvalue weighted by molar-refractivity contribution is 5.86. The predicted molar refractivity (Wildman–Crippen MR) is 128 cm³/mol. The van der Waals surface area contributed by atoms with E-state index in [1.54, 1.807) is 4.90 Å². The fourth-order valence-electron chi connectivity index (χ4n) is 4.94. The quantitative estimate of drug-likeness (QED) is 0.503. The average molecular weight is 476 g/mol. The zero-order chi connectivity index (χ0) is 24.8. The van der Waals surface area contributed by atoms with E-state index in [2.05, 4.69) is 23.5 Å². The first-order chi connectivity index (χ1) is 17.0. The highest BCUT2D eigenvalue weighted by Gasteiger charge is 2.36. The molecule has 0 bridgehead atoms. The number of nitrogens with zero attached hydrogens (tertiary/aromatic N) is 2. The van der Waals surface area contributed by atoms with Crippen LogP contribution < -0.4 is 5.32 Å². The molecule has 0 radical (unpaired) electrons. The smallest absolute Gasteiger partial charge is 0.407 e. The lowest BCUT2D eigenvalue weighted by Gasteiger charge is -2.40. The molecule has 0 saturated carbocycles. The van der Waals surface area contributed by atoms with Crippen molar-refractivity contribution in [3.63, 3.8) is 0 Å². The number of hydrogen-bond donors (Lipinski definition) is 2. The second-order valence-electron chi connectivity index (χ2n) is 9.13. The SMILES string of the molecule is N#CCCCCC(NC(=O)OCC1c2ccccc2-c2ccccc21)C(=O)N1CC(CC(=O)O)C1. The third kappa shape index (κ3) is 5.62. The van der Waals surface area contributed by atoms with Crippen LogP contribution in [-0.2, 0) is 14.3 Å². The molecule has 0 spiro atoms. The number of likely N-dealkylation sites (tertiary alicyclic amines) is 1. The van der Waals surface area contributed by atoms with Crippen LogP contribution in [0.3, 0.4) is 0 Å². The molecular weight excluding hydrogens is 446 g/mol. The van der Waals surface area contributed by atoms with Crippen molar-refractivity contribution in [1.82, 2.24) is 10.2 Å². The molecule has 4 rings (SSSR count). The number of carboxylic acids is 1. The van der Waals surface area contributed by atoms with E-state index < -0.39 is 18.1 Å². The molecule has 8 heteroatoms. The zero-order valence-corrected chi connectivity index (χ0v) is 19.5. The number of alkyl carbamates (subject to hydrolysis) is 1. The Bertz CT molecular complexity index is 1090. The van der Waals surface area contributed by atoms with Gasteiger partial charge >= 0.3 is 12.1 Å². The summed E-state index contributed by atoms with van der Waals surface area (Å²) < 4.78 is 5.60. The number of unbranched alkanes of at least 4 members (excludes halogenated alkanes) is 2. The Balaban J connectivity index is 1.37. The van der Waals surface area contributed by atoms with Gasteiger partial charge in [0.2, 0.25) is 5.91 Å². The summed E-state index contributed by atoms with van der Waals surface area (Å²) in [4.78, 5) is 38.2. The first-order valence-corrected chi connectivity index (χ1v) is 12.0. The average Bonchev–Trinajstić information content (AvgIpc) is 3.15. The molecule has 8 nitrogen and oxygen atoms in total. The summed E-state index contributed by atoms with van der Waals surface area (Å²) in [6.45, 7) is 0.887. The van der Waals surface area contributed by atoms with E-state index in [-0.39, 0.29) is 30.8 Å². The van der Waals surface area contributed by atoms with Crippen molar-refractivity contribution in [1.29, 1.82) is 5.26 Å². The molecular formula is C27H29N3O5. The summed E-state index contributed by atoms with van der Waals surface area (Å²) in [7, 11) is 0. The number of fused-ring (bicyclic) bond motifs is 3. The van der Waals surface area contributed by atoms with Gasteiger partial charge in [-0.2, -0.15) is 5.26 Å². The Labute approximate surface area is 204 Å². The van der Waals surface area contributed by atoms with Gasteiger partial charge in [-0.05, 0) is 41.5 Å². The third-order valence-electron chi connectivity index (χ3n) is 6.70. The van der Waals surface area contributed by atoms with E-state index in [1.807, 2.05) is 36.4 Å². The number of benzene rings is 2. The van der Waals surface area contributed by atoms with Gasteiger partial charge in [-0.25, -0.2) is 4.79 Å². The number of aliphatic carboxylic acids is 1. The minimum atomic E-state index is -0.882. The van der Waals surface area contributed by atoms with Crippen LogP contribution in [0.5, 0.6) is 0 Å². The third-order valence-corrected chi connectivity index (χ3v) is 6.70. The number of carbonyl (C=O) groups is 3. The lowest BCUT2D eigenvalue weighted by molar-refractivity contribution is -0.146. The number of hydrogen-bond acceptors (Lipinski definition) is 5. The Morgan fingerprint density at radius 3 is 2.29 bits per heavy atom. The Morgan fingerprint density at radius 1 is 1.06 bits per heavy atom. The fourth-order valence-corrected chi connectivity index (χ4v) is 4.94. The van der Waals surface area contributed by atoms with Crippen LogP contribution in [0.15, 0.2) is 48.5 Å². The van der Waals surface area contributed by atoms with Gasteiger partial charge in [0.05, 0.1) is 12.5 Å². The van der Waals surface area contributed by atoms with Gasteiger partial charge in [0.1, 0.15) is 12.6 Å². The summed E-state index contributed by atoms with van der Waals surface area (Å²) in [6, 6.07) is 17.5. The Kier molecular flexibility index (Phi) is 7.66. The maximum absolute atomic E-state index is 13.0. The van der Waals surface area contributed by atoms with Gasteiger partial charge in [-0.1, -0.05) is 48.5 Å².